The fourth-order valence-corrected chi connectivity index (χ4v) is 2.44. The molecule has 1 aliphatic rings. The molecule has 1 heterocycles. The van der Waals surface area contributed by atoms with E-state index in [4.69, 9.17) is 0 Å². The molecule has 1 fully saturated rings. The third-order valence-electron chi connectivity index (χ3n) is 3.64. The molecular weight excluding hydrogens is 262 g/mol. The molecule has 2 rings (SSSR count). The summed E-state index contributed by atoms with van der Waals surface area (Å²) >= 11 is 0. The van der Waals surface area contributed by atoms with Crippen molar-refractivity contribution in [3.63, 3.8) is 0 Å². The van der Waals surface area contributed by atoms with Gasteiger partial charge in [-0.15, -0.1) is 0 Å². The molecule has 1 aromatic rings. The molecule has 0 spiro atoms. The number of hydrogen-bond acceptors (Lipinski definition) is 3. The van der Waals surface area contributed by atoms with Gasteiger partial charge in [-0.3, -0.25) is 9.69 Å². The molecule has 1 aromatic carbocycles. The maximum atomic E-state index is 13.5. The van der Waals surface area contributed by atoms with E-state index in [2.05, 4.69) is 4.90 Å². The molecule has 20 heavy (non-hydrogen) atoms. The second kappa shape index (κ2) is 6.90. The van der Waals surface area contributed by atoms with E-state index in [1.54, 1.807) is 0 Å². The topological polar surface area (TPSA) is 23.6 Å². The maximum Gasteiger partial charge on any atom is 0.179 e. The number of hydrogen-bond donors (Lipinski definition) is 0. The van der Waals surface area contributed by atoms with E-state index in [0.717, 1.165) is 38.3 Å². The van der Waals surface area contributed by atoms with E-state index < -0.39 is 11.6 Å². The van der Waals surface area contributed by atoms with E-state index in [-0.39, 0.29) is 17.9 Å². The number of carbonyl (C=O) groups excluding carboxylic acids is 1. The summed E-state index contributed by atoms with van der Waals surface area (Å²) < 4.78 is 26.3. The molecule has 3 nitrogen and oxygen atoms in total. The van der Waals surface area contributed by atoms with E-state index in [1.807, 2.05) is 11.9 Å². The molecule has 0 atom stereocenters. The zero-order valence-electron chi connectivity index (χ0n) is 11.7. The number of nitrogens with zero attached hydrogens (tertiary/aromatic N) is 2. The summed E-state index contributed by atoms with van der Waals surface area (Å²) in [4.78, 5) is 16.2. The van der Waals surface area contributed by atoms with Gasteiger partial charge in [0.1, 0.15) is 11.6 Å². The summed E-state index contributed by atoms with van der Waals surface area (Å²) in [5, 5.41) is 0. The lowest BCUT2D eigenvalue weighted by Gasteiger charge is -2.20. The Morgan fingerprint density at radius 1 is 1.30 bits per heavy atom. The fourth-order valence-electron chi connectivity index (χ4n) is 2.44. The minimum absolute atomic E-state index is 0.0422. The van der Waals surface area contributed by atoms with Gasteiger partial charge < -0.3 is 4.90 Å². The first-order valence-corrected chi connectivity index (χ1v) is 6.95. The zero-order valence-corrected chi connectivity index (χ0v) is 11.7. The van der Waals surface area contributed by atoms with Gasteiger partial charge in [0.15, 0.2) is 5.78 Å². The van der Waals surface area contributed by atoms with Crippen LogP contribution in [0.2, 0.25) is 0 Å². The van der Waals surface area contributed by atoms with Gasteiger partial charge in [0.05, 0.1) is 12.1 Å². The summed E-state index contributed by atoms with van der Waals surface area (Å²) in [7, 11) is 1.84. The highest BCUT2D eigenvalue weighted by molar-refractivity contribution is 5.97. The fraction of sp³-hybridized carbons (Fsp3) is 0.533. The van der Waals surface area contributed by atoms with E-state index in [9.17, 15) is 13.6 Å². The van der Waals surface area contributed by atoms with Crippen molar-refractivity contribution in [3.8, 4) is 0 Å². The summed E-state index contributed by atoms with van der Waals surface area (Å²) in [5.74, 6) is -1.77. The largest absolute Gasteiger partial charge is 0.302 e. The van der Waals surface area contributed by atoms with Gasteiger partial charge in [0.25, 0.3) is 0 Å². The molecule has 0 bridgehead atoms. The highest BCUT2D eigenvalue weighted by Crippen LogP contribution is 2.11. The predicted molar refractivity (Wildman–Crippen MR) is 73.9 cm³/mol. The lowest BCUT2D eigenvalue weighted by molar-refractivity contribution is 0.0937. The lowest BCUT2D eigenvalue weighted by atomic mass is 10.1. The summed E-state index contributed by atoms with van der Waals surface area (Å²) in [5.41, 5.74) is -0.0422. The summed E-state index contributed by atoms with van der Waals surface area (Å²) in [6, 6.07) is 3.07. The Labute approximate surface area is 118 Å². The Bertz CT molecular complexity index is 473. The van der Waals surface area contributed by atoms with Crippen molar-refractivity contribution >= 4 is 5.78 Å². The first-order valence-electron chi connectivity index (χ1n) is 6.95. The standard InChI is InChI=1S/C15H20F2N2O/c1-18(8-9-19-6-2-3-7-19)11-15(20)13-5-4-12(16)10-14(13)17/h4-5,10H,2-3,6-9,11H2,1H3. The second-order valence-electron chi connectivity index (χ2n) is 5.33. The van der Waals surface area contributed by atoms with Crippen LogP contribution in [0.4, 0.5) is 8.78 Å². The van der Waals surface area contributed by atoms with Crippen molar-refractivity contribution in [1.82, 2.24) is 9.80 Å². The van der Waals surface area contributed by atoms with Crippen LogP contribution in [0.25, 0.3) is 0 Å². The van der Waals surface area contributed by atoms with Crippen LogP contribution in [0.5, 0.6) is 0 Å². The molecule has 0 saturated carbocycles. The molecule has 0 radical (unpaired) electrons. The van der Waals surface area contributed by atoms with Crippen LogP contribution in [-0.2, 0) is 0 Å². The number of likely N-dealkylation sites (tertiary alicyclic amines) is 1. The van der Waals surface area contributed by atoms with Gasteiger partial charge in [0, 0.05) is 19.2 Å². The molecular formula is C15H20F2N2O. The molecule has 0 aliphatic carbocycles. The monoisotopic (exact) mass is 282 g/mol. The molecule has 0 unspecified atom stereocenters. The molecule has 0 amide bonds. The van der Waals surface area contributed by atoms with Gasteiger partial charge in [-0.2, -0.15) is 0 Å². The first kappa shape index (κ1) is 15.1. The number of ketones is 1. The Balaban J connectivity index is 1.83. The van der Waals surface area contributed by atoms with Gasteiger partial charge in [0.2, 0.25) is 0 Å². The van der Waals surface area contributed by atoms with Gasteiger partial charge in [-0.25, -0.2) is 8.78 Å². The number of rotatable bonds is 6. The number of carbonyl (C=O) groups is 1. The summed E-state index contributed by atoms with van der Waals surface area (Å²) in [6.45, 7) is 4.09. The average molecular weight is 282 g/mol. The Hall–Kier alpha value is -1.33. The van der Waals surface area contributed by atoms with Crippen molar-refractivity contribution in [3.05, 3.63) is 35.4 Å². The molecule has 5 heteroatoms. The van der Waals surface area contributed by atoms with Crippen molar-refractivity contribution < 1.29 is 13.6 Å². The van der Waals surface area contributed by atoms with E-state index >= 15 is 0 Å². The maximum absolute atomic E-state index is 13.5. The number of halogens is 2. The van der Waals surface area contributed by atoms with Crippen LogP contribution < -0.4 is 0 Å². The average Bonchev–Trinajstić information content (AvgIpc) is 2.89. The highest BCUT2D eigenvalue weighted by atomic mass is 19.1. The van der Waals surface area contributed by atoms with Crippen molar-refractivity contribution in [1.29, 1.82) is 0 Å². The van der Waals surface area contributed by atoms with Crippen LogP contribution >= 0.6 is 0 Å². The van der Waals surface area contributed by atoms with Crippen molar-refractivity contribution in [2.24, 2.45) is 0 Å². The molecule has 1 aliphatic heterocycles. The minimum atomic E-state index is -0.789. The molecule has 0 aromatic heterocycles. The molecule has 0 N–H and O–H groups in total. The van der Waals surface area contributed by atoms with Gasteiger partial charge in [-0.05, 0) is 45.1 Å². The quantitative estimate of drug-likeness (QED) is 0.747. The highest BCUT2D eigenvalue weighted by Gasteiger charge is 2.16. The van der Waals surface area contributed by atoms with Crippen LogP contribution in [0.1, 0.15) is 23.2 Å². The Morgan fingerprint density at radius 2 is 2.00 bits per heavy atom. The number of benzene rings is 1. The lowest BCUT2D eigenvalue weighted by Crippen LogP contribution is -2.34. The number of likely N-dealkylation sites (N-methyl/N-ethyl adjacent to an activating group) is 1. The normalized spacial score (nSPS) is 16.0. The first-order chi connectivity index (χ1) is 9.56. The Kier molecular flexibility index (Phi) is 5.20. The third kappa shape index (κ3) is 4.08. The van der Waals surface area contributed by atoms with Gasteiger partial charge in [-0.1, -0.05) is 0 Å². The van der Waals surface area contributed by atoms with E-state index in [1.165, 1.54) is 18.9 Å². The van der Waals surface area contributed by atoms with E-state index in [0.29, 0.717) is 0 Å². The molecule has 1 saturated heterocycles. The number of Topliss-reactive ketones (excluding diaryl/α,β-unsaturated/α-hetero) is 1. The zero-order chi connectivity index (χ0) is 14.5. The van der Waals surface area contributed by atoms with Crippen molar-refractivity contribution in [2.45, 2.75) is 12.8 Å². The SMILES string of the molecule is CN(CCN1CCCC1)CC(=O)c1ccc(F)cc1F. The van der Waals surface area contributed by atoms with Gasteiger partial charge >= 0.3 is 0 Å². The van der Waals surface area contributed by atoms with Crippen LogP contribution in [0.15, 0.2) is 18.2 Å². The van der Waals surface area contributed by atoms with Crippen molar-refractivity contribution in [2.75, 3.05) is 39.8 Å². The second-order valence-corrected chi connectivity index (χ2v) is 5.33. The third-order valence-corrected chi connectivity index (χ3v) is 3.64. The van der Waals surface area contributed by atoms with Crippen LogP contribution in [-0.4, -0.2) is 55.4 Å². The smallest absolute Gasteiger partial charge is 0.179 e. The molecule has 110 valence electrons. The van der Waals surface area contributed by atoms with Crippen LogP contribution in [0.3, 0.4) is 0 Å². The van der Waals surface area contributed by atoms with Crippen LogP contribution in [0, 0.1) is 11.6 Å². The minimum Gasteiger partial charge on any atom is -0.302 e. The Morgan fingerprint density at radius 3 is 2.65 bits per heavy atom. The summed E-state index contributed by atoms with van der Waals surface area (Å²) in [6.07, 6.45) is 2.48. The predicted octanol–water partition coefficient (Wildman–Crippen LogP) is 2.18.